The second-order valence-corrected chi connectivity index (χ2v) is 6.49. The van der Waals surface area contributed by atoms with Gasteiger partial charge in [0.15, 0.2) is 0 Å². The van der Waals surface area contributed by atoms with Crippen molar-refractivity contribution in [1.29, 1.82) is 0 Å². The third-order valence-electron chi connectivity index (χ3n) is 3.50. The van der Waals surface area contributed by atoms with E-state index in [4.69, 9.17) is 11.6 Å². The van der Waals surface area contributed by atoms with Gasteiger partial charge in [0.1, 0.15) is 0 Å². The highest BCUT2D eigenvalue weighted by atomic mass is 35.5. The SMILES string of the molecule is CCCNC(CSCc1ccccc1Cl)C(C)CC. The highest BCUT2D eigenvalue weighted by Gasteiger charge is 2.14. The van der Waals surface area contributed by atoms with E-state index in [-0.39, 0.29) is 0 Å². The van der Waals surface area contributed by atoms with Gasteiger partial charge in [-0.15, -0.1) is 0 Å². The van der Waals surface area contributed by atoms with Gasteiger partial charge in [0, 0.05) is 22.6 Å². The zero-order valence-electron chi connectivity index (χ0n) is 12.3. The van der Waals surface area contributed by atoms with Crippen LogP contribution in [0.25, 0.3) is 0 Å². The van der Waals surface area contributed by atoms with E-state index in [1.165, 1.54) is 18.4 Å². The van der Waals surface area contributed by atoms with E-state index >= 15 is 0 Å². The van der Waals surface area contributed by atoms with Crippen LogP contribution in [-0.2, 0) is 5.75 Å². The van der Waals surface area contributed by atoms with Gasteiger partial charge >= 0.3 is 0 Å². The molecule has 0 bridgehead atoms. The number of nitrogens with one attached hydrogen (secondary N) is 1. The van der Waals surface area contributed by atoms with Crippen molar-refractivity contribution in [1.82, 2.24) is 5.32 Å². The highest BCUT2D eigenvalue weighted by Crippen LogP contribution is 2.22. The topological polar surface area (TPSA) is 12.0 Å². The molecule has 0 spiro atoms. The lowest BCUT2D eigenvalue weighted by molar-refractivity contribution is 0.397. The van der Waals surface area contributed by atoms with Gasteiger partial charge in [-0.05, 0) is 30.5 Å². The first-order valence-electron chi connectivity index (χ1n) is 7.23. The first-order valence-corrected chi connectivity index (χ1v) is 8.76. The van der Waals surface area contributed by atoms with Crippen molar-refractivity contribution in [3.63, 3.8) is 0 Å². The molecule has 0 saturated carbocycles. The summed E-state index contributed by atoms with van der Waals surface area (Å²) in [4.78, 5) is 0. The molecule has 3 heteroatoms. The van der Waals surface area contributed by atoms with Crippen LogP contribution in [0.3, 0.4) is 0 Å². The van der Waals surface area contributed by atoms with Crippen molar-refractivity contribution in [3.8, 4) is 0 Å². The van der Waals surface area contributed by atoms with Crippen molar-refractivity contribution in [2.45, 2.75) is 45.4 Å². The molecular weight excluding hydrogens is 274 g/mol. The molecule has 1 aromatic rings. The summed E-state index contributed by atoms with van der Waals surface area (Å²) in [5.74, 6) is 2.88. The van der Waals surface area contributed by atoms with E-state index in [0.29, 0.717) is 6.04 Å². The fraction of sp³-hybridized carbons (Fsp3) is 0.625. The normalized spacial score (nSPS) is 14.3. The molecule has 0 fully saturated rings. The van der Waals surface area contributed by atoms with Crippen LogP contribution in [0, 0.1) is 5.92 Å². The van der Waals surface area contributed by atoms with Gasteiger partial charge in [-0.2, -0.15) is 11.8 Å². The number of thioether (sulfide) groups is 1. The van der Waals surface area contributed by atoms with Crippen molar-refractivity contribution >= 4 is 23.4 Å². The maximum atomic E-state index is 6.18. The monoisotopic (exact) mass is 299 g/mol. The Hall–Kier alpha value is -0.180. The number of benzene rings is 1. The van der Waals surface area contributed by atoms with Gasteiger partial charge in [0.2, 0.25) is 0 Å². The fourth-order valence-electron chi connectivity index (χ4n) is 1.95. The molecule has 0 radical (unpaired) electrons. The second-order valence-electron chi connectivity index (χ2n) is 5.05. The summed E-state index contributed by atoms with van der Waals surface area (Å²) >= 11 is 8.16. The van der Waals surface area contributed by atoms with Crippen LogP contribution < -0.4 is 5.32 Å². The Morgan fingerprint density at radius 1 is 1.26 bits per heavy atom. The van der Waals surface area contributed by atoms with Gasteiger partial charge in [-0.3, -0.25) is 0 Å². The Labute approximate surface area is 127 Å². The summed E-state index contributed by atoms with van der Waals surface area (Å²) in [7, 11) is 0. The van der Waals surface area contributed by atoms with Crippen molar-refractivity contribution < 1.29 is 0 Å². The molecule has 0 aliphatic carbocycles. The first kappa shape index (κ1) is 16.9. The fourth-order valence-corrected chi connectivity index (χ4v) is 3.52. The Kier molecular flexibility index (Phi) is 8.60. The van der Waals surface area contributed by atoms with E-state index in [0.717, 1.165) is 29.0 Å². The van der Waals surface area contributed by atoms with E-state index in [1.54, 1.807) is 0 Å². The smallest absolute Gasteiger partial charge is 0.0446 e. The molecule has 2 atom stereocenters. The molecule has 1 N–H and O–H groups in total. The minimum Gasteiger partial charge on any atom is -0.313 e. The maximum absolute atomic E-state index is 6.18. The summed E-state index contributed by atoms with van der Waals surface area (Å²) in [5.41, 5.74) is 1.24. The minimum absolute atomic E-state index is 0.609. The predicted octanol–water partition coefficient (Wildman–Crippen LogP) is 4.99. The largest absolute Gasteiger partial charge is 0.313 e. The molecule has 0 aliphatic heterocycles. The number of hydrogen-bond donors (Lipinski definition) is 1. The summed E-state index contributed by atoms with van der Waals surface area (Å²) in [5, 5.41) is 4.55. The van der Waals surface area contributed by atoms with Crippen molar-refractivity contribution in [3.05, 3.63) is 34.9 Å². The van der Waals surface area contributed by atoms with Crippen LogP contribution in [0.5, 0.6) is 0 Å². The van der Waals surface area contributed by atoms with Crippen LogP contribution in [0.4, 0.5) is 0 Å². The third kappa shape index (κ3) is 6.20. The summed E-state index contributed by atoms with van der Waals surface area (Å²) in [6.07, 6.45) is 2.43. The molecular formula is C16H26ClNS. The molecule has 2 unspecified atom stereocenters. The van der Waals surface area contributed by atoms with Crippen LogP contribution in [0.15, 0.2) is 24.3 Å². The molecule has 0 amide bonds. The van der Waals surface area contributed by atoms with Crippen LogP contribution in [0.2, 0.25) is 5.02 Å². The highest BCUT2D eigenvalue weighted by molar-refractivity contribution is 7.98. The summed E-state index contributed by atoms with van der Waals surface area (Å²) in [6, 6.07) is 8.74. The standard InChI is InChI=1S/C16H26ClNS/c1-4-10-18-16(13(3)5-2)12-19-11-14-8-6-7-9-15(14)17/h6-9,13,16,18H,4-5,10-12H2,1-3H3. The van der Waals surface area contributed by atoms with Crippen LogP contribution in [0.1, 0.15) is 39.2 Å². The molecule has 1 rings (SSSR count). The van der Waals surface area contributed by atoms with Gasteiger partial charge in [0.25, 0.3) is 0 Å². The predicted molar refractivity (Wildman–Crippen MR) is 89.2 cm³/mol. The average Bonchev–Trinajstić information content (AvgIpc) is 2.43. The van der Waals surface area contributed by atoms with Crippen LogP contribution >= 0.6 is 23.4 Å². The van der Waals surface area contributed by atoms with Gasteiger partial charge in [-0.25, -0.2) is 0 Å². The molecule has 1 nitrogen and oxygen atoms in total. The number of hydrogen-bond acceptors (Lipinski definition) is 2. The lowest BCUT2D eigenvalue weighted by Gasteiger charge is -2.24. The van der Waals surface area contributed by atoms with E-state index in [9.17, 15) is 0 Å². The van der Waals surface area contributed by atoms with E-state index in [1.807, 2.05) is 23.9 Å². The summed E-state index contributed by atoms with van der Waals surface area (Å²) < 4.78 is 0. The number of rotatable bonds is 9. The number of halogens is 1. The average molecular weight is 300 g/mol. The van der Waals surface area contributed by atoms with Crippen molar-refractivity contribution in [2.75, 3.05) is 12.3 Å². The van der Waals surface area contributed by atoms with Crippen molar-refractivity contribution in [2.24, 2.45) is 5.92 Å². The van der Waals surface area contributed by atoms with Gasteiger partial charge in [0.05, 0.1) is 0 Å². The minimum atomic E-state index is 0.609. The van der Waals surface area contributed by atoms with E-state index < -0.39 is 0 Å². The third-order valence-corrected chi connectivity index (χ3v) is 4.98. The maximum Gasteiger partial charge on any atom is 0.0446 e. The van der Waals surface area contributed by atoms with Gasteiger partial charge < -0.3 is 5.32 Å². The van der Waals surface area contributed by atoms with E-state index in [2.05, 4.69) is 38.2 Å². The lowest BCUT2D eigenvalue weighted by atomic mass is 10.0. The Morgan fingerprint density at radius 3 is 2.63 bits per heavy atom. The first-order chi connectivity index (χ1) is 9.19. The molecule has 0 aliphatic rings. The van der Waals surface area contributed by atoms with Gasteiger partial charge in [-0.1, -0.05) is 57.0 Å². The summed E-state index contributed by atoms with van der Waals surface area (Å²) in [6.45, 7) is 7.94. The molecule has 0 aromatic heterocycles. The second kappa shape index (κ2) is 9.68. The Bertz CT molecular complexity index is 356. The molecule has 0 heterocycles. The molecule has 1 aromatic carbocycles. The molecule has 19 heavy (non-hydrogen) atoms. The molecule has 108 valence electrons. The lowest BCUT2D eigenvalue weighted by Crippen LogP contribution is -2.37. The quantitative estimate of drug-likeness (QED) is 0.689. The van der Waals surface area contributed by atoms with Crippen LogP contribution in [-0.4, -0.2) is 18.3 Å². The zero-order chi connectivity index (χ0) is 14.1. The zero-order valence-corrected chi connectivity index (χ0v) is 13.9. The Morgan fingerprint density at radius 2 is 2.00 bits per heavy atom. The Balaban J connectivity index is 2.41. The molecule has 0 saturated heterocycles.